The number of benzene rings is 1. The van der Waals surface area contributed by atoms with Gasteiger partial charge in [0.25, 0.3) is 0 Å². The molecule has 0 saturated carbocycles. The molecule has 1 aliphatic heterocycles. The third-order valence-electron chi connectivity index (χ3n) is 3.95. The molecule has 1 aliphatic rings. The van der Waals surface area contributed by atoms with Crippen molar-refractivity contribution in [1.82, 2.24) is 10.2 Å². The van der Waals surface area contributed by atoms with Crippen LogP contribution in [0.15, 0.2) is 35.3 Å². The van der Waals surface area contributed by atoms with E-state index in [1.165, 1.54) is 0 Å². The Balaban J connectivity index is 0.00000288. The lowest BCUT2D eigenvalue weighted by Gasteiger charge is -2.39. The Kier molecular flexibility index (Phi) is 7.78. The Morgan fingerprint density at radius 3 is 2.58 bits per heavy atom. The first-order chi connectivity index (χ1) is 10.9. The summed E-state index contributed by atoms with van der Waals surface area (Å²) in [5.74, 6) is 1.69. The smallest absolute Gasteiger partial charge is 0.193 e. The molecule has 2 rings (SSSR count). The lowest BCUT2D eigenvalue weighted by Crippen LogP contribution is -2.57. The minimum atomic E-state index is -3.05. The molecule has 24 heavy (non-hydrogen) atoms. The van der Waals surface area contributed by atoms with Crippen LogP contribution in [0.5, 0.6) is 5.75 Å². The van der Waals surface area contributed by atoms with Crippen LogP contribution < -0.4 is 10.1 Å². The summed E-state index contributed by atoms with van der Waals surface area (Å²) in [5.41, 5.74) is 0. The third-order valence-corrected chi connectivity index (χ3v) is 6.48. The molecule has 0 atom stereocenters. The van der Waals surface area contributed by atoms with Gasteiger partial charge in [-0.3, -0.25) is 4.99 Å². The van der Waals surface area contributed by atoms with Crippen molar-refractivity contribution < 1.29 is 13.2 Å². The van der Waals surface area contributed by atoms with Gasteiger partial charge in [-0.05, 0) is 26.0 Å². The second-order valence-corrected chi connectivity index (χ2v) is 8.88. The largest absolute Gasteiger partial charge is 0.492 e. The van der Waals surface area contributed by atoms with E-state index in [0.29, 0.717) is 32.2 Å². The summed E-state index contributed by atoms with van der Waals surface area (Å²) in [7, 11) is -1.34. The van der Waals surface area contributed by atoms with Gasteiger partial charge in [0.05, 0.1) is 17.0 Å². The first-order valence-electron chi connectivity index (χ1n) is 7.71. The standard InChI is InChI=1S/C16H25N3O3S.HI/c1-16(2)13-19(10-12-23(16,20)21)15(17-3)18-9-11-22-14-7-5-4-6-8-14;/h4-8H,9-13H2,1-3H3,(H,17,18);1H. The number of guanidine groups is 1. The van der Waals surface area contributed by atoms with Crippen LogP contribution in [-0.2, 0) is 9.84 Å². The van der Waals surface area contributed by atoms with Crippen LogP contribution in [0.4, 0.5) is 0 Å². The highest BCUT2D eigenvalue weighted by molar-refractivity contribution is 14.0. The molecule has 6 nitrogen and oxygen atoms in total. The van der Waals surface area contributed by atoms with Crippen molar-refractivity contribution >= 4 is 39.8 Å². The molecule has 8 heteroatoms. The molecule has 0 amide bonds. The number of hydrogen-bond donors (Lipinski definition) is 1. The molecular weight excluding hydrogens is 441 g/mol. The molecule has 0 spiro atoms. The van der Waals surface area contributed by atoms with Gasteiger partial charge < -0.3 is 15.0 Å². The van der Waals surface area contributed by atoms with Crippen molar-refractivity contribution in [2.45, 2.75) is 18.6 Å². The maximum atomic E-state index is 12.1. The van der Waals surface area contributed by atoms with Gasteiger partial charge in [0.1, 0.15) is 12.4 Å². The zero-order chi connectivity index (χ0) is 16.9. The minimum absolute atomic E-state index is 0. The Morgan fingerprint density at radius 2 is 2.00 bits per heavy atom. The normalized spacial score (nSPS) is 19.3. The Labute approximate surface area is 161 Å². The molecule has 0 radical (unpaired) electrons. The Hall–Kier alpha value is -1.03. The predicted octanol–water partition coefficient (Wildman–Crippen LogP) is 1.77. The maximum Gasteiger partial charge on any atom is 0.193 e. The van der Waals surface area contributed by atoms with Crippen molar-refractivity contribution in [2.75, 3.05) is 39.0 Å². The van der Waals surface area contributed by atoms with E-state index in [1.54, 1.807) is 20.9 Å². The van der Waals surface area contributed by atoms with Crippen molar-refractivity contribution in [2.24, 2.45) is 4.99 Å². The van der Waals surface area contributed by atoms with Crippen molar-refractivity contribution in [1.29, 1.82) is 0 Å². The first kappa shape index (κ1) is 21.0. The Bertz CT molecular complexity index is 648. The highest BCUT2D eigenvalue weighted by Crippen LogP contribution is 2.23. The van der Waals surface area contributed by atoms with E-state index >= 15 is 0 Å². The van der Waals surface area contributed by atoms with E-state index in [0.717, 1.165) is 5.75 Å². The van der Waals surface area contributed by atoms with Crippen LogP contribution in [0, 0.1) is 0 Å². The summed E-state index contributed by atoms with van der Waals surface area (Å²) < 4.78 is 29.0. The second kappa shape index (κ2) is 8.89. The van der Waals surface area contributed by atoms with Gasteiger partial charge in [0.15, 0.2) is 15.8 Å². The number of rotatable bonds is 4. The summed E-state index contributed by atoms with van der Waals surface area (Å²) in [6.45, 7) is 5.55. The van der Waals surface area contributed by atoms with Crippen LogP contribution in [0.2, 0.25) is 0 Å². The number of ether oxygens (including phenoxy) is 1. The van der Waals surface area contributed by atoms with Crippen LogP contribution in [0.3, 0.4) is 0 Å². The van der Waals surface area contributed by atoms with E-state index in [9.17, 15) is 8.42 Å². The number of sulfone groups is 1. The number of aliphatic imine (C=N–C) groups is 1. The van der Waals surface area contributed by atoms with Gasteiger partial charge in [-0.1, -0.05) is 18.2 Å². The summed E-state index contributed by atoms with van der Waals surface area (Å²) in [6.07, 6.45) is 0. The highest BCUT2D eigenvalue weighted by atomic mass is 127. The van der Waals surface area contributed by atoms with Gasteiger partial charge in [-0.15, -0.1) is 24.0 Å². The fraction of sp³-hybridized carbons (Fsp3) is 0.562. The summed E-state index contributed by atoms with van der Waals surface area (Å²) in [4.78, 5) is 6.24. The average Bonchev–Trinajstić information content (AvgIpc) is 2.51. The fourth-order valence-electron chi connectivity index (χ4n) is 2.51. The summed E-state index contributed by atoms with van der Waals surface area (Å²) >= 11 is 0. The van der Waals surface area contributed by atoms with Gasteiger partial charge in [-0.2, -0.15) is 0 Å². The molecule has 1 heterocycles. The minimum Gasteiger partial charge on any atom is -0.492 e. The molecular formula is C16H26IN3O3S. The van der Waals surface area contributed by atoms with Gasteiger partial charge in [-0.25, -0.2) is 8.42 Å². The average molecular weight is 467 g/mol. The number of hydrogen-bond acceptors (Lipinski definition) is 4. The molecule has 136 valence electrons. The van der Waals surface area contributed by atoms with Crippen molar-refractivity contribution in [3.8, 4) is 5.75 Å². The van der Waals surface area contributed by atoms with Crippen LogP contribution in [-0.4, -0.2) is 63.1 Å². The number of halogens is 1. The second-order valence-electron chi connectivity index (χ2n) is 6.14. The topological polar surface area (TPSA) is 71.0 Å². The highest BCUT2D eigenvalue weighted by Gasteiger charge is 2.40. The van der Waals surface area contributed by atoms with Crippen molar-refractivity contribution in [3.63, 3.8) is 0 Å². The fourth-order valence-corrected chi connectivity index (χ4v) is 3.87. The number of para-hydroxylation sites is 1. The summed E-state index contributed by atoms with van der Waals surface area (Å²) in [5, 5.41) is 3.23. The van der Waals surface area contributed by atoms with E-state index in [4.69, 9.17) is 4.74 Å². The van der Waals surface area contributed by atoms with Crippen molar-refractivity contribution in [3.05, 3.63) is 30.3 Å². The lowest BCUT2D eigenvalue weighted by atomic mass is 10.2. The molecule has 1 aromatic rings. The van der Waals surface area contributed by atoms with Crippen LogP contribution in [0.25, 0.3) is 0 Å². The maximum absolute atomic E-state index is 12.1. The molecule has 1 N–H and O–H groups in total. The predicted molar refractivity (Wildman–Crippen MR) is 108 cm³/mol. The third kappa shape index (κ3) is 5.23. The molecule has 1 fully saturated rings. The molecule has 0 aromatic heterocycles. The van der Waals surface area contributed by atoms with Gasteiger partial charge in [0, 0.05) is 20.1 Å². The summed E-state index contributed by atoms with van der Waals surface area (Å²) in [6, 6.07) is 9.62. The van der Waals surface area contributed by atoms with Crippen LogP contribution >= 0.6 is 24.0 Å². The van der Waals surface area contributed by atoms with Gasteiger partial charge >= 0.3 is 0 Å². The van der Waals surface area contributed by atoms with E-state index in [-0.39, 0.29) is 29.7 Å². The quantitative estimate of drug-likeness (QED) is 0.317. The molecule has 0 bridgehead atoms. The number of nitrogens with zero attached hydrogens (tertiary/aromatic N) is 2. The van der Waals surface area contributed by atoms with E-state index in [1.807, 2.05) is 35.2 Å². The van der Waals surface area contributed by atoms with E-state index in [2.05, 4.69) is 10.3 Å². The first-order valence-corrected chi connectivity index (χ1v) is 9.37. The van der Waals surface area contributed by atoms with Gasteiger partial charge in [0.2, 0.25) is 0 Å². The Morgan fingerprint density at radius 1 is 1.33 bits per heavy atom. The molecule has 0 unspecified atom stereocenters. The molecule has 0 aliphatic carbocycles. The molecule has 1 saturated heterocycles. The number of nitrogens with one attached hydrogen (secondary N) is 1. The SMILES string of the molecule is CN=C(NCCOc1ccccc1)N1CCS(=O)(=O)C(C)(C)C1.I. The molecule has 1 aromatic carbocycles. The van der Waals surface area contributed by atoms with Crippen LogP contribution in [0.1, 0.15) is 13.8 Å². The monoisotopic (exact) mass is 467 g/mol. The lowest BCUT2D eigenvalue weighted by molar-refractivity contribution is 0.313. The zero-order valence-electron chi connectivity index (χ0n) is 14.4. The van der Waals surface area contributed by atoms with E-state index < -0.39 is 14.6 Å². The zero-order valence-corrected chi connectivity index (χ0v) is 17.5.